The predicted molar refractivity (Wildman–Crippen MR) is 98.3 cm³/mol. The summed E-state index contributed by atoms with van der Waals surface area (Å²) in [6.45, 7) is 7.23. The van der Waals surface area contributed by atoms with Crippen molar-refractivity contribution in [3.05, 3.63) is 41.6 Å². The molecule has 3 rings (SSSR count). The summed E-state index contributed by atoms with van der Waals surface area (Å²) in [6, 6.07) is 10.4. The maximum atomic E-state index is 12.6. The maximum absolute atomic E-state index is 12.6. The predicted octanol–water partition coefficient (Wildman–Crippen LogP) is 3.54. The van der Waals surface area contributed by atoms with Gasteiger partial charge in [-0.2, -0.15) is 0 Å². The molecule has 0 aliphatic carbocycles. The molecule has 1 amide bonds. The van der Waals surface area contributed by atoms with E-state index in [-0.39, 0.29) is 5.91 Å². The van der Waals surface area contributed by atoms with Crippen LogP contribution in [0.1, 0.15) is 48.7 Å². The quantitative estimate of drug-likeness (QED) is 0.855. The lowest BCUT2D eigenvalue weighted by atomic mass is 10.0. The van der Waals surface area contributed by atoms with Gasteiger partial charge in [-0.05, 0) is 51.8 Å². The summed E-state index contributed by atoms with van der Waals surface area (Å²) >= 11 is 0. The summed E-state index contributed by atoms with van der Waals surface area (Å²) in [5, 5.41) is 4.00. The molecule has 1 aliphatic heterocycles. The molecule has 24 heavy (non-hydrogen) atoms. The van der Waals surface area contributed by atoms with Gasteiger partial charge < -0.3 is 10.2 Å². The highest BCUT2D eigenvalue weighted by atomic mass is 16.1. The largest absolute Gasteiger partial charge is 0.352 e. The molecule has 1 N–H and O–H groups in total. The number of likely N-dealkylation sites (tertiary alicyclic amines) is 1. The van der Waals surface area contributed by atoms with E-state index in [9.17, 15) is 4.79 Å². The first-order valence-electron chi connectivity index (χ1n) is 9.04. The highest BCUT2D eigenvalue weighted by Crippen LogP contribution is 2.18. The molecule has 0 saturated carbocycles. The van der Waals surface area contributed by atoms with Crippen LogP contribution in [-0.4, -0.2) is 41.5 Å². The Morgan fingerprint density at radius 3 is 3.00 bits per heavy atom. The maximum Gasteiger partial charge on any atom is 0.252 e. The number of benzene rings is 1. The molecule has 0 bridgehead atoms. The number of para-hydroxylation sites is 1. The number of aromatic nitrogens is 1. The first-order chi connectivity index (χ1) is 11.6. The Morgan fingerprint density at radius 1 is 1.33 bits per heavy atom. The van der Waals surface area contributed by atoms with Gasteiger partial charge in [0, 0.05) is 30.2 Å². The van der Waals surface area contributed by atoms with Crippen molar-refractivity contribution in [2.24, 2.45) is 0 Å². The number of aryl methyl sites for hydroxylation is 1. The number of carbonyl (C=O) groups excluding carboxylic acids is 1. The SMILES string of the molecule is Cc1cc(C(=O)NCCCN2CCCC[C@@H]2C)c2ccccc2n1. The molecule has 2 aromatic rings. The third-order valence-electron chi connectivity index (χ3n) is 4.94. The molecule has 0 spiro atoms. The molecule has 1 aromatic carbocycles. The molecule has 128 valence electrons. The van der Waals surface area contributed by atoms with Gasteiger partial charge in [-0.3, -0.25) is 9.78 Å². The van der Waals surface area contributed by atoms with E-state index < -0.39 is 0 Å². The fraction of sp³-hybridized carbons (Fsp3) is 0.500. The highest BCUT2D eigenvalue weighted by molar-refractivity contribution is 6.06. The van der Waals surface area contributed by atoms with Gasteiger partial charge in [0.1, 0.15) is 0 Å². The van der Waals surface area contributed by atoms with Crippen LogP contribution in [0.2, 0.25) is 0 Å². The van der Waals surface area contributed by atoms with E-state index in [1.54, 1.807) is 0 Å². The average Bonchev–Trinajstić information content (AvgIpc) is 2.59. The number of fused-ring (bicyclic) bond motifs is 1. The monoisotopic (exact) mass is 325 g/mol. The van der Waals surface area contributed by atoms with Crippen LogP contribution in [0, 0.1) is 6.92 Å². The Labute approximate surface area is 144 Å². The molecular weight excluding hydrogens is 298 g/mol. The summed E-state index contributed by atoms with van der Waals surface area (Å²) in [5.41, 5.74) is 2.48. The van der Waals surface area contributed by atoms with Gasteiger partial charge in [0.2, 0.25) is 0 Å². The topological polar surface area (TPSA) is 45.2 Å². The van der Waals surface area contributed by atoms with Crippen LogP contribution in [0.4, 0.5) is 0 Å². The lowest BCUT2D eigenvalue weighted by Gasteiger charge is -2.33. The van der Waals surface area contributed by atoms with Crippen LogP contribution < -0.4 is 5.32 Å². The van der Waals surface area contributed by atoms with Gasteiger partial charge in [-0.25, -0.2) is 0 Å². The zero-order valence-corrected chi connectivity index (χ0v) is 14.7. The van der Waals surface area contributed by atoms with E-state index in [0.29, 0.717) is 6.04 Å². The Hall–Kier alpha value is -1.94. The molecule has 1 aliphatic rings. The van der Waals surface area contributed by atoms with Gasteiger partial charge in [-0.1, -0.05) is 24.6 Å². The van der Waals surface area contributed by atoms with E-state index in [1.807, 2.05) is 37.3 Å². The van der Waals surface area contributed by atoms with Crippen molar-refractivity contribution in [1.29, 1.82) is 0 Å². The summed E-state index contributed by atoms with van der Waals surface area (Å²) in [4.78, 5) is 19.6. The van der Waals surface area contributed by atoms with Crippen molar-refractivity contribution in [3.63, 3.8) is 0 Å². The van der Waals surface area contributed by atoms with Crippen LogP contribution in [0.5, 0.6) is 0 Å². The van der Waals surface area contributed by atoms with Crippen molar-refractivity contribution < 1.29 is 4.79 Å². The first kappa shape index (κ1) is 16.9. The molecule has 4 nitrogen and oxygen atoms in total. The van der Waals surface area contributed by atoms with Gasteiger partial charge in [-0.15, -0.1) is 0 Å². The summed E-state index contributed by atoms with van der Waals surface area (Å²) in [6.07, 6.45) is 4.95. The standard InChI is InChI=1S/C20H27N3O/c1-15-14-18(17-9-3-4-10-19(17)22-15)20(24)21-11-7-13-23-12-6-5-8-16(23)2/h3-4,9-10,14,16H,5-8,11-13H2,1-2H3,(H,21,24)/t16-/m0/s1. The van der Waals surface area contributed by atoms with Gasteiger partial charge >= 0.3 is 0 Å². The normalized spacial score (nSPS) is 18.7. The van der Waals surface area contributed by atoms with Gasteiger partial charge in [0.15, 0.2) is 0 Å². The number of pyridine rings is 1. The van der Waals surface area contributed by atoms with Crippen LogP contribution >= 0.6 is 0 Å². The number of hydrogen-bond acceptors (Lipinski definition) is 3. The smallest absolute Gasteiger partial charge is 0.252 e. The van der Waals surface area contributed by atoms with Crippen molar-refractivity contribution in [2.75, 3.05) is 19.6 Å². The molecule has 0 radical (unpaired) electrons. The molecule has 0 unspecified atom stereocenters. The number of carbonyl (C=O) groups is 1. The average molecular weight is 325 g/mol. The van der Waals surface area contributed by atoms with E-state index >= 15 is 0 Å². The number of hydrogen-bond donors (Lipinski definition) is 1. The summed E-state index contributed by atoms with van der Waals surface area (Å²) in [5.74, 6) is 0.00314. The molecular formula is C20H27N3O. The Morgan fingerprint density at radius 2 is 2.17 bits per heavy atom. The van der Waals surface area contributed by atoms with E-state index in [2.05, 4.69) is 22.1 Å². The fourth-order valence-corrected chi connectivity index (χ4v) is 3.56. The molecule has 4 heteroatoms. The van der Waals surface area contributed by atoms with Crippen LogP contribution in [0.15, 0.2) is 30.3 Å². The first-order valence-corrected chi connectivity index (χ1v) is 9.04. The zero-order chi connectivity index (χ0) is 16.9. The number of nitrogens with one attached hydrogen (secondary N) is 1. The fourth-order valence-electron chi connectivity index (χ4n) is 3.56. The van der Waals surface area contributed by atoms with Crippen molar-refractivity contribution >= 4 is 16.8 Å². The minimum Gasteiger partial charge on any atom is -0.352 e. The van der Waals surface area contributed by atoms with E-state index in [1.165, 1.54) is 25.8 Å². The Kier molecular flexibility index (Phi) is 5.46. The van der Waals surface area contributed by atoms with E-state index in [4.69, 9.17) is 0 Å². The minimum absolute atomic E-state index is 0.00314. The molecule has 1 atom stereocenters. The minimum atomic E-state index is 0.00314. The van der Waals surface area contributed by atoms with Crippen molar-refractivity contribution in [2.45, 2.75) is 45.6 Å². The number of nitrogens with zero attached hydrogens (tertiary/aromatic N) is 2. The Bertz CT molecular complexity index is 713. The molecule has 1 fully saturated rings. The third kappa shape index (κ3) is 3.93. The second-order valence-electron chi connectivity index (χ2n) is 6.82. The third-order valence-corrected chi connectivity index (χ3v) is 4.94. The van der Waals surface area contributed by atoms with Crippen LogP contribution in [0.25, 0.3) is 10.9 Å². The van der Waals surface area contributed by atoms with Crippen LogP contribution in [0.3, 0.4) is 0 Å². The van der Waals surface area contributed by atoms with Crippen molar-refractivity contribution in [1.82, 2.24) is 15.2 Å². The lowest BCUT2D eigenvalue weighted by molar-refractivity contribution is 0.0950. The summed E-state index contributed by atoms with van der Waals surface area (Å²) < 4.78 is 0. The van der Waals surface area contributed by atoms with Crippen LogP contribution in [-0.2, 0) is 0 Å². The number of piperidine rings is 1. The van der Waals surface area contributed by atoms with Gasteiger partial charge in [0.25, 0.3) is 5.91 Å². The molecule has 2 heterocycles. The molecule has 1 aromatic heterocycles. The number of amides is 1. The summed E-state index contributed by atoms with van der Waals surface area (Å²) in [7, 11) is 0. The van der Waals surface area contributed by atoms with Gasteiger partial charge in [0.05, 0.1) is 11.1 Å². The Balaban J connectivity index is 1.57. The zero-order valence-electron chi connectivity index (χ0n) is 14.7. The lowest BCUT2D eigenvalue weighted by Crippen LogP contribution is -2.39. The number of rotatable bonds is 5. The second-order valence-corrected chi connectivity index (χ2v) is 6.82. The van der Waals surface area contributed by atoms with Crippen molar-refractivity contribution in [3.8, 4) is 0 Å². The highest BCUT2D eigenvalue weighted by Gasteiger charge is 2.17. The second kappa shape index (κ2) is 7.75. The van der Waals surface area contributed by atoms with E-state index in [0.717, 1.165) is 41.7 Å². The molecule has 1 saturated heterocycles.